The van der Waals surface area contributed by atoms with E-state index >= 15 is 0 Å². The van der Waals surface area contributed by atoms with Crippen LogP contribution in [0.4, 0.5) is 5.69 Å². The summed E-state index contributed by atoms with van der Waals surface area (Å²) in [4.78, 5) is 36.0. The summed E-state index contributed by atoms with van der Waals surface area (Å²) in [5.41, 5.74) is 3.36. The highest BCUT2D eigenvalue weighted by molar-refractivity contribution is 6.00. The summed E-state index contributed by atoms with van der Waals surface area (Å²) in [5.74, 6) is -1.63. The van der Waals surface area contributed by atoms with Crippen molar-refractivity contribution in [3.63, 3.8) is 0 Å². The van der Waals surface area contributed by atoms with Gasteiger partial charge in [0.15, 0.2) is 6.61 Å². The first-order valence-corrected chi connectivity index (χ1v) is 9.00. The van der Waals surface area contributed by atoms with E-state index in [1.807, 2.05) is 50.2 Å². The third-order valence-electron chi connectivity index (χ3n) is 3.98. The summed E-state index contributed by atoms with van der Waals surface area (Å²) in [6.07, 6.45) is 2.27. The SMILES string of the molecule is CCc1cccc(C)c1NC(=O)COC(=O)/C(=C/c1ccccc1)NC(C)=O. The van der Waals surface area contributed by atoms with Crippen molar-refractivity contribution in [2.45, 2.75) is 27.2 Å². The molecule has 2 amide bonds. The number of carbonyl (C=O) groups is 3. The van der Waals surface area contributed by atoms with Crippen LogP contribution in [-0.2, 0) is 25.5 Å². The van der Waals surface area contributed by atoms with Crippen molar-refractivity contribution in [1.82, 2.24) is 5.32 Å². The summed E-state index contributed by atoms with van der Waals surface area (Å²) in [7, 11) is 0. The second-order valence-corrected chi connectivity index (χ2v) is 6.24. The van der Waals surface area contributed by atoms with Gasteiger partial charge in [-0.3, -0.25) is 9.59 Å². The molecule has 0 saturated carbocycles. The number of esters is 1. The van der Waals surface area contributed by atoms with E-state index in [1.165, 1.54) is 13.0 Å². The van der Waals surface area contributed by atoms with Crippen molar-refractivity contribution < 1.29 is 19.1 Å². The minimum atomic E-state index is -0.783. The lowest BCUT2D eigenvalue weighted by molar-refractivity contribution is -0.144. The van der Waals surface area contributed by atoms with Gasteiger partial charge in [-0.05, 0) is 36.1 Å². The van der Waals surface area contributed by atoms with Gasteiger partial charge in [0, 0.05) is 12.6 Å². The number of nitrogens with one attached hydrogen (secondary N) is 2. The van der Waals surface area contributed by atoms with Gasteiger partial charge in [0.25, 0.3) is 5.91 Å². The highest BCUT2D eigenvalue weighted by atomic mass is 16.5. The van der Waals surface area contributed by atoms with Crippen LogP contribution in [0.3, 0.4) is 0 Å². The van der Waals surface area contributed by atoms with Crippen molar-refractivity contribution in [2.24, 2.45) is 0 Å². The highest BCUT2D eigenvalue weighted by Crippen LogP contribution is 2.20. The fourth-order valence-electron chi connectivity index (χ4n) is 2.64. The summed E-state index contributed by atoms with van der Waals surface area (Å²) in [6.45, 7) is 4.74. The molecule has 0 unspecified atom stereocenters. The van der Waals surface area contributed by atoms with Crippen LogP contribution in [-0.4, -0.2) is 24.4 Å². The molecule has 2 aromatic rings. The Hall–Kier alpha value is -3.41. The van der Waals surface area contributed by atoms with Gasteiger partial charge in [-0.25, -0.2) is 4.79 Å². The lowest BCUT2D eigenvalue weighted by Gasteiger charge is -2.13. The van der Waals surface area contributed by atoms with E-state index in [9.17, 15) is 14.4 Å². The van der Waals surface area contributed by atoms with Crippen LogP contribution >= 0.6 is 0 Å². The minimum Gasteiger partial charge on any atom is -0.451 e. The molecule has 0 aliphatic rings. The smallest absolute Gasteiger partial charge is 0.355 e. The standard InChI is InChI=1S/C22H24N2O4/c1-4-18-12-8-9-15(2)21(18)24-20(26)14-28-22(27)19(23-16(3)25)13-17-10-6-5-7-11-17/h5-13H,4,14H2,1-3H3,(H,23,25)(H,24,26)/b19-13-. The van der Waals surface area contributed by atoms with Gasteiger partial charge < -0.3 is 15.4 Å². The number of ether oxygens (including phenoxy) is 1. The summed E-state index contributed by atoms with van der Waals surface area (Å²) < 4.78 is 5.09. The Kier molecular flexibility index (Phi) is 7.51. The average molecular weight is 380 g/mol. The largest absolute Gasteiger partial charge is 0.451 e. The lowest BCUT2D eigenvalue weighted by Crippen LogP contribution is -2.29. The maximum Gasteiger partial charge on any atom is 0.355 e. The maximum atomic E-state index is 12.3. The number of anilines is 1. The first-order chi connectivity index (χ1) is 13.4. The van der Waals surface area contributed by atoms with Crippen molar-refractivity contribution in [2.75, 3.05) is 11.9 Å². The molecular weight excluding hydrogens is 356 g/mol. The van der Waals surface area contributed by atoms with E-state index < -0.39 is 24.4 Å². The van der Waals surface area contributed by atoms with E-state index in [2.05, 4.69) is 10.6 Å². The molecule has 2 N–H and O–H groups in total. The molecular formula is C22H24N2O4. The molecule has 0 radical (unpaired) electrons. The Bertz CT molecular complexity index is 889. The van der Waals surface area contributed by atoms with Crippen molar-refractivity contribution in [3.8, 4) is 0 Å². The Balaban J connectivity index is 2.05. The van der Waals surface area contributed by atoms with E-state index in [0.717, 1.165) is 28.8 Å². The molecule has 0 bridgehead atoms. The Morgan fingerprint density at radius 3 is 2.39 bits per heavy atom. The second-order valence-electron chi connectivity index (χ2n) is 6.24. The normalized spacial score (nSPS) is 10.9. The van der Waals surface area contributed by atoms with Gasteiger partial charge in [-0.15, -0.1) is 0 Å². The molecule has 6 heteroatoms. The van der Waals surface area contributed by atoms with E-state index in [4.69, 9.17) is 4.74 Å². The molecule has 0 aliphatic carbocycles. The van der Waals surface area contributed by atoms with Crippen LogP contribution in [0.25, 0.3) is 6.08 Å². The molecule has 0 fully saturated rings. The number of amides is 2. The molecule has 6 nitrogen and oxygen atoms in total. The summed E-state index contributed by atoms with van der Waals surface area (Å²) >= 11 is 0. The number of benzene rings is 2. The number of hydrogen-bond acceptors (Lipinski definition) is 4. The fraction of sp³-hybridized carbons (Fsp3) is 0.227. The molecule has 0 spiro atoms. The van der Waals surface area contributed by atoms with Crippen LogP contribution < -0.4 is 10.6 Å². The average Bonchev–Trinajstić information content (AvgIpc) is 2.67. The molecule has 0 atom stereocenters. The first kappa shape index (κ1) is 20.9. The van der Waals surface area contributed by atoms with E-state index in [-0.39, 0.29) is 5.70 Å². The summed E-state index contributed by atoms with van der Waals surface area (Å²) in [5, 5.41) is 5.24. The van der Waals surface area contributed by atoms with Crippen LogP contribution in [0.15, 0.2) is 54.2 Å². The lowest BCUT2D eigenvalue weighted by atomic mass is 10.1. The Morgan fingerprint density at radius 2 is 1.75 bits per heavy atom. The third kappa shape index (κ3) is 6.09. The van der Waals surface area contributed by atoms with Gasteiger partial charge in [0.05, 0.1) is 0 Å². The van der Waals surface area contributed by atoms with Crippen LogP contribution in [0.5, 0.6) is 0 Å². The van der Waals surface area contributed by atoms with Gasteiger partial charge in [0.2, 0.25) is 5.91 Å². The van der Waals surface area contributed by atoms with Crippen LogP contribution in [0.2, 0.25) is 0 Å². The zero-order chi connectivity index (χ0) is 20.5. The fourth-order valence-corrected chi connectivity index (χ4v) is 2.64. The number of hydrogen-bond donors (Lipinski definition) is 2. The molecule has 146 valence electrons. The minimum absolute atomic E-state index is 0.0309. The van der Waals surface area contributed by atoms with Crippen LogP contribution in [0.1, 0.15) is 30.5 Å². The topological polar surface area (TPSA) is 84.5 Å². The Morgan fingerprint density at radius 1 is 1.04 bits per heavy atom. The van der Waals surface area contributed by atoms with Crippen molar-refractivity contribution >= 4 is 29.5 Å². The van der Waals surface area contributed by atoms with Gasteiger partial charge in [-0.2, -0.15) is 0 Å². The number of rotatable bonds is 7. The van der Waals surface area contributed by atoms with Gasteiger partial charge in [0.1, 0.15) is 5.70 Å². The van der Waals surface area contributed by atoms with Crippen molar-refractivity contribution in [3.05, 3.63) is 70.9 Å². The number of para-hydroxylation sites is 1. The maximum absolute atomic E-state index is 12.3. The molecule has 2 aromatic carbocycles. The van der Waals surface area contributed by atoms with E-state index in [1.54, 1.807) is 12.1 Å². The predicted molar refractivity (Wildman–Crippen MR) is 108 cm³/mol. The highest BCUT2D eigenvalue weighted by Gasteiger charge is 2.16. The molecule has 0 saturated heterocycles. The molecule has 2 rings (SSSR count). The van der Waals surface area contributed by atoms with E-state index in [0.29, 0.717) is 0 Å². The zero-order valence-electron chi connectivity index (χ0n) is 16.2. The van der Waals surface area contributed by atoms with Gasteiger partial charge >= 0.3 is 5.97 Å². The molecule has 0 heterocycles. The quantitative estimate of drug-likeness (QED) is 0.571. The number of aryl methyl sites for hydroxylation is 2. The predicted octanol–water partition coefficient (Wildman–Crippen LogP) is 3.22. The summed E-state index contributed by atoms with van der Waals surface area (Å²) in [6, 6.07) is 14.8. The first-order valence-electron chi connectivity index (χ1n) is 9.00. The molecule has 0 aliphatic heterocycles. The number of carbonyl (C=O) groups excluding carboxylic acids is 3. The monoisotopic (exact) mass is 380 g/mol. The molecule has 28 heavy (non-hydrogen) atoms. The third-order valence-corrected chi connectivity index (χ3v) is 3.98. The molecule has 0 aromatic heterocycles. The van der Waals surface area contributed by atoms with Crippen LogP contribution in [0, 0.1) is 6.92 Å². The zero-order valence-corrected chi connectivity index (χ0v) is 16.2. The second kappa shape index (κ2) is 10.1. The van der Waals surface area contributed by atoms with Gasteiger partial charge in [-0.1, -0.05) is 55.5 Å². The Labute approximate surface area is 164 Å². The van der Waals surface area contributed by atoms with Crippen molar-refractivity contribution in [1.29, 1.82) is 0 Å².